The SMILES string of the molecule is N#C/C(=C1\C(c2nc3ccccn3n2)=CC2=C1C=C(c1nc3ccccn3n1)/C2=C(\C#N)c1c(F)c(F)c(C#N)c(F)c1F)c1c(F)c(F)c(C#N)c(F)c1F. The fourth-order valence-electron chi connectivity index (χ4n) is 6.45. The van der Waals surface area contributed by atoms with Crippen LogP contribution < -0.4 is 0 Å². The van der Waals surface area contributed by atoms with E-state index in [9.17, 15) is 21.0 Å². The van der Waals surface area contributed by atoms with Crippen LogP contribution in [0.25, 0.3) is 33.6 Å². The van der Waals surface area contributed by atoms with E-state index < -0.39 is 91.1 Å². The van der Waals surface area contributed by atoms with Crippen molar-refractivity contribution in [1.82, 2.24) is 29.2 Å². The average molecular weight is 759 g/mol. The number of rotatable bonds is 4. The van der Waals surface area contributed by atoms with Gasteiger partial charge in [-0.25, -0.2) is 54.1 Å². The zero-order valence-corrected chi connectivity index (χ0v) is 27.3. The molecule has 0 spiro atoms. The lowest BCUT2D eigenvalue weighted by molar-refractivity contribution is 0.447. The summed E-state index contributed by atoms with van der Waals surface area (Å²) >= 11 is 0. The summed E-state index contributed by atoms with van der Waals surface area (Å²) in [4.78, 5) is 8.74. The van der Waals surface area contributed by atoms with Gasteiger partial charge < -0.3 is 0 Å². The van der Waals surface area contributed by atoms with E-state index in [2.05, 4.69) is 20.2 Å². The van der Waals surface area contributed by atoms with Gasteiger partial charge in [0.2, 0.25) is 0 Å². The van der Waals surface area contributed by atoms with Crippen LogP contribution in [0.2, 0.25) is 0 Å². The molecular weight excluding hydrogens is 748 g/mol. The molecule has 0 atom stereocenters. The van der Waals surface area contributed by atoms with E-state index in [4.69, 9.17) is 0 Å². The van der Waals surface area contributed by atoms with Crippen LogP contribution in [0.15, 0.2) is 83.2 Å². The lowest BCUT2D eigenvalue weighted by atomic mass is 9.90. The maximum Gasteiger partial charge on any atom is 0.182 e. The van der Waals surface area contributed by atoms with Crippen molar-refractivity contribution in [2.24, 2.45) is 0 Å². The largest absolute Gasteiger partial charge is 0.221 e. The Morgan fingerprint density at radius 1 is 0.500 bits per heavy atom. The second-order valence-corrected chi connectivity index (χ2v) is 11.8. The van der Waals surface area contributed by atoms with Crippen LogP contribution in [0.1, 0.15) is 33.9 Å². The van der Waals surface area contributed by atoms with Crippen LogP contribution in [0.4, 0.5) is 35.1 Å². The molecule has 2 aromatic carbocycles. The normalized spacial score (nSPS) is 15.3. The lowest BCUT2D eigenvalue weighted by Crippen LogP contribution is -2.08. The van der Waals surface area contributed by atoms with Gasteiger partial charge >= 0.3 is 0 Å². The predicted molar refractivity (Wildman–Crippen MR) is 176 cm³/mol. The summed E-state index contributed by atoms with van der Waals surface area (Å²) in [5.41, 5.74) is -10.4. The number of hydrogen-bond donors (Lipinski definition) is 0. The Balaban J connectivity index is 1.54. The highest BCUT2D eigenvalue weighted by atomic mass is 19.2. The third-order valence-corrected chi connectivity index (χ3v) is 8.88. The molecule has 0 N–H and O–H groups in total. The van der Waals surface area contributed by atoms with Gasteiger partial charge in [0, 0.05) is 34.7 Å². The maximum atomic E-state index is 15.7. The first kappa shape index (κ1) is 34.8. The summed E-state index contributed by atoms with van der Waals surface area (Å²) in [7, 11) is 0. The first-order chi connectivity index (χ1) is 26.9. The Kier molecular flexibility index (Phi) is 7.92. The van der Waals surface area contributed by atoms with Gasteiger partial charge in [0.15, 0.2) is 69.5 Å². The first-order valence-corrected chi connectivity index (χ1v) is 15.6. The molecule has 56 heavy (non-hydrogen) atoms. The third-order valence-electron chi connectivity index (χ3n) is 8.88. The second-order valence-electron chi connectivity index (χ2n) is 11.8. The van der Waals surface area contributed by atoms with Crippen LogP contribution in [0, 0.1) is 91.9 Å². The van der Waals surface area contributed by atoms with Gasteiger partial charge in [-0.2, -0.15) is 21.0 Å². The molecule has 0 saturated heterocycles. The Morgan fingerprint density at radius 2 is 0.857 bits per heavy atom. The van der Waals surface area contributed by atoms with Crippen molar-refractivity contribution in [2.75, 3.05) is 0 Å². The van der Waals surface area contributed by atoms with Crippen molar-refractivity contribution in [3.63, 3.8) is 0 Å². The monoisotopic (exact) mass is 758 g/mol. The molecule has 0 unspecified atom stereocenters. The van der Waals surface area contributed by atoms with Crippen molar-refractivity contribution in [3.8, 4) is 24.3 Å². The highest BCUT2D eigenvalue weighted by molar-refractivity contribution is 6.11. The fourth-order valence-corrected chi connectivity index (χ4v) is 6.45. The number of benzene rings is 2. The molecule has 2 aliphatic carbocycles. The van der Waals surface area contributed by atoms with E-state index in [-0.39, 0.29) is 45.2 Å². The average Bonchev–Trinajstić information content (AvgIpc) is 3.99. The zero-order valence-electron chi connectivity index (χ0n) is 27.3. The lowest BCUT2D eigenvalue weighted by Gasteiger charge is -2.13. The van der Waals surface area contributed by atoms with Crippen LogP contribution in [-0.2, 0) is 0 Å². The van der Waals surface area contributed by atoms with Crippen molar-refractivity contribution < 1.29 is 35.1 Å². The molecule has 10 nitrogen and oxygen atoms in total. The molecule has 4 heterocycles. The molecule has 0 saturated carbocycles. The summed E-state index contributed by atoms with van der Waals surface area (Å²) in [5.74, 6) is -17.6. The number of hydrogen-bond acceptors (Lipinski definition) is 8. The fraction of sp³-hybridized carbons (Fsp3) is 0. The number of fused-ring (bicyclic) bond motifs is 2. The Labute approximate surface area is 306 Å². The van der Waals surface area contributed by atoms with Gasteiger partial charge in [0.25, 0.3) is 0 Å². The summed E-state index contributed by atoms with van der Waals surface area (Å²) in [6.45, 7) is 0. The van der Waals surface area contributed by atoms with Crippen molar-refractivity contribution in [2.45, 2.75) is 0 Å². The molecule has 0 radical (unpaired) electrons. The zero-order chi connectivity index (χ0) is 39.7. The van der Waals surface area contributed by atoms with Gasteiger partial charge in [0.05, 0.1) is 22.3 Å². The minimum Gasteiger partial charge on any atom is -0.221 e. The summed E-state index contributed by atoms with van der Waals surface area (Å²) in [6, 6.07) is 14.4. The summed E-state index contributed by atoms with van der Waals surface area (Å²) in [5, 5.41) is 48.0. The number of halogens is 8. The number of allylic oxidation sites excluding steroid dienone is 10. The third kappa shape index (κ3) is 4.84. The van der Waals surface area contributed by atoms with E-state index in [1.165, 1.54) is 33.6 Å². The smallest absolute Gasteiger partial charge is 0.182 e. The number of aromatic nitrogens is 6. The highest BCUT2D eigenvalue weighted by Gasteiger charge is 2.41. The summed E-state index contributed by atoms with van der Waals surface area (Å²) in [6.07, 6.45) is 5.13. The molecule has 6 aromatic rings. The molecule has 0 aliphatic heterocycles. The first-order valence-electron chi connectivity index (χ1n) is 15.6. The Morgan fingerprint density at radius 3 is 1.16 bits per heavy atom. The molecule has 8 rings (SSSR count). The maximum absolute atomic E-state index is 15.7. The number of nitrogens with zero attached hydrogens (tertiary/aromatic N) is 10. The molecule has 268 valence electrons. The molecule has 18 heteroatoms. The quantitative estimate of drug-likeness (QED) is 0.103. The van der Waals surface area contributed by atoms with Gasteiger partial charge in [-0.05, 0) is 47.6 Å². The van der Waals surface area contributed by atoms with E-state index in [0.717, 1.165) is 24.3 Å². The van der Waals surface area contributed by atoms with Crippen LogP contribution >= 0.6 is 0 Å². The minimum atomic E-state index is -2.13. The topological polar surface area (TPSA) is 156 Å². The van der Waals surface area contributed by atoms with E-state index >= 15 is 35.1 Å². The molecule has 2 aliphatic rings. The van der Waals surface area contributed by atoms with Gasteiger partial charge in [0.1, 0.15) is 35.4 Å². The van der Waals surface area contributed by atoms with E-state index in [1.807, 2.05) is 0 Å². The summed E-state index contributed by atoms with van der Waals surface area (Å²) < 4.78 is 126. The Bertz CT molecular complexity index is 2840. The molecular formula is C38H10F8N10. The van der Waals surface area contributed by atoms with E-state index in [1.54, 1.807) is 36.4 Å². The minimum absolute atomic E-state index is 0.187. The molecule has 0 bridgehead atoms. The van der Waals surface area contributed by atoms with Crippen molar-refractivity contribution in [3.05, 3.63) is 164 Å². The standard InChI is InChI=1S/C38H10F8N10/c39-29-21(13-49)30(40)34(44)27(33(29)43)19(11-47)25-16-10-18(38-52-24-6-2-4-8-56(24)54-38)26(15(16)9-17(25)37-51-23-5-1-3-7-55(23)53-37)20(12-48)28-35(45)31(41)22(14-50)32(42)36(28)46/h1-10H/b25-19+,26-20+. The second kappa shape index (κ2) is 12.7. The predicted octanol–water partition coefficient (Wildman–Crippen LogP) is 7.37. The van der Waals surface area contributed by atoms with Gasteiger partial charge in [-0.1, -0.05) is 12.1 Å². The highest BCUT2D eigenvalue weighted by Crippen LogP contribution is 2.53. The Hall–Kier alpha value is -8.22. The van der Waals surface area contributed by atoms with Crippen molar-refractivity contribution in [1.29, 1.82) is 21.0 Å². The van der Waals surface area contributed by atoms with Crippen LogP contribution in [0.3, 0.4) is 0 Å². The van der Waals surface area contributed by atoms with Gasteiger partial charge in [-0.15, -0.1) is 10.2 Å². The van der Waals surface area contributed by atoms with Crippen LogP contribution in [-0.4, -0.2) is 29.2 Å². The van der Waals surface area contributed by atoms with Gasteiger partial charge in [-0.3, -0.25) is 0 Å². The van der Waals surface area contributed by atoms with Crippen LogP contribution in [0.5, 0.6) is 0 Å². The van der Waals surface area contributed by atoms with E-state index in [0.29, 0.717) is 0 Å². The van der Waals surface area contributed by atoms with Crippen molar-refractivity contribution >= 4 is 33.6 Å². The number of nitriles is 4. The molecule has 4 aromatic heterocycles. The molecule has 0 fully saturated rings. The number of pyridine rings is 2. The molecule has 0 amide bonds.